The van der Waals surface area contributed by atoms with E-state index in [-0.39, 0.29) is 0 Å². The lowest BCUT2D eigenvalue weighted by molar-refractivity contribution is -0.324. The van der Waals surface area contributed by atoms with Crippen LogP contribution in [-0.2, 0) is 30.3 Å². The van der Waals surface area contributed by atoms with Gasteiger partial charge in [0.05, 0.1) is 18.8 Å². The van der Waals surface area contributed by atoms with Crippen molar-refractivity contribution in [1.29, 1.82) is 0 Å². The van der Waals surface area contributed by atoms with E-state index in [2.05, 4.69) is 18.2 Å². The van der Waals surface area contributed by atoms with E-state index < -0.39 is 42.1 Å². The summed E-state index contributed by atoms with van der Waals surface area (Å²) in [5.41, 5.74) is 1.84. The van der Waals surface area contributed by atoms with Crippen molar-refractivity contribution >= 4 is 28.5 Å². The fraction of sp³-hybridized carbons (Fsp3) is 0.216. The van der Waals surface area contributed by atoms with Crippen LogP contribution in [0, 0.1) is 0 Å². The van der Waals surface area contributed by atoms with Crippen molar-refractivity contribution in [2.24, 2.45) is 0 Å². The summed E-state index contributed by atoms with van der Waals surface area (Å²) in [7, 11) is 0. The molecule has 6 atom stereocenters. The smallest absolute Gasteiger partial charge is 0.338 e. The molecule has 2 saturated heterocycles. The molecule has 0 saturated carbocycles. The molecule has 222 valence electrons. The molecular weight excluding hydrogens is 572 g/mol. The Kier molecular flexibility index (Phi) is 8.72. The third-order valence-corrected chi connectivity index (χ3v) is 9.05. The second-order valence-electron chi connectivity index (χ2n) is 10.8. The number of ether oxygens (including phenoxy) is 5. The Morgan fingerprint density at radius 2 is 1.41 bits per heavy atom. The quantitative estimate of drug-likeness (QED) is 0.169. The van der Waals surface area contributed by atoms with Gasteiger partial charge >= 0.3 is 5.97 Å². The van der Waals surface area contributed by atoms with E-state index in [9.17, 15) is 4.79 Å². The minimum atomic E-state index is -0.774. The molecule has 44 heavy (non-hydrogen) atoms. The first-order valence-corrected chi connectivity index (χ1v) is 15.6. The fourth-order valence-corrected chi connectivity index (χ4v) is 6.86. The van der Waals surface area contributed by atoms with Gasteiger partial charge in [0.1, 0.15) is 23.7 Å². The molecule has 5 aromatic rings. The first kappa shape index (κ1) is 28.8. The maximum absolute atomic E-state index is 13.5. The highest BCUT2D eigenvalue weighted by molar-refractivity contribution is 7.99. The summed E-state index contributed by atoms with van der Waals surface area (Å²) in [5.74, 6) is -0.442. The Hall–Kier alpha value is -3.98. The van der Waals surface area contributed by atoms with Crippen LogP contribution < -0.4 is 0 Å². The molecule has 2 aliphatic rings. The van der Waals surface area contributed by atoms with E-state index in [0.717, 1.165) is 26.8 Å². The van der Waals surface area contributed by atoms with Crippen molar-refractivity contribution in [3.63, 3.8) is 0 Å². The molecule has 1 unspecified atom stereocenters. The number of rotatable bonds is 8. The van der Waals surface area contributed by atoms with Crippen molar-refractivity contribution in [2.45, 2.75) is 47.6 Å². The van der Waals surface area contributed by atoms with E-state index in [0.29, 0.717) is 18.8 Å². The molecule has 0 amide bonds. The second kappa shape index (κ2) is 13.3. The first-order valence-electron chi connectivity index (χ1n) is 14.8. The van der Waals surface area contributed by atoms with E-state index in [1.54, 1.807) is 12.1 Å². The van der Waals surface area contributed by atoms with Gasteiger partial charge in [-0.2, -0.15) is 0 Å². The Balaban J connectivity index is 1.24. The van der Waals surface area contributed by atoms with Crippen molar-refractivity contribution in [3.05, 3.63) is 150 Å². The van der Waals surface area contributed by atoms with E-state index in [1.165, 1.54) is 11.8 Å². The second-order valence-corrected chi connectivity index (χ2v) is 12.0. The minimum absolute atomic E-state index is 0.301. The molecular formula is C37H32O6S. The van der Waals surface area contributed by atoms with Crippen LogP contribution in [0.4, 0.5) is 0 Å². The van der Waals surface area contributed by atoms with Crippen LogP contribution in [0.25, 0.3) is 10.8 Å². The SMILES string of the molecule is O=C(O[C@@H]1[C@@H](OCc2ccccc2)[C@@H]2OC(c3cccc4ccccc34)OC[C@@H]2O[C@H]1Sc1ccccc1)c1ccccc1. The molecule has 6 nitrogen and oxygen atoms in total. The predicted octanol–water partition coefficient (Wildman–Crippen LogP) is 7.58. The molecule has 0 aromatic heterocycles. The monoisotopic (exact) mass is 604 g/mol. The summed E-state index contributed by atoms with van der Waals surface area (Å²) >= 11 is 1.50. The average Bonchev–Trinajstić information content (AvgIpc) is 3.09. The topological polar surface area (TPSA) is 63.2 Å². The first-order chi connectivity index (χ1) is 21.7. The summed E-state index contributed by atoms with van der Waals surface area (Å²) in [5, 5.41) is 2.16. The average molecular weight is 605 g/mol. The summed E-state index contributed by atoms with van der Waals surface area (Å²) < 4.78 is 32.7. The lowest BCUT2D eigenvalue weighted by atomic mass is 9.97. The Morgan fingerprint density at radius 3 is 2.20 bits per heavy atom. The number of hydrogen-bond acceptors (Lipinski definition) is 7. The molecule has 5 aromatic carbocycles. The number of hydrogen-bond donors (Lipinski definition) is 0. The fourth-order valence-electron chi connectivity index (χ4n) is 5.74. The van der Waals surface area contributed by atoms with Crippen LogP contribution in [0.3, 0.4) is 0 Å². The largest absolute Gasteiger partial charge is 0.452 e. The van der Waals surface area contributed by atoms with Crippen LogP contribution in [0.1, 0.15) is 27.8 Å². The molecule has 2 fully saturated rings. The van der Waals surface area contributed by atoms with Crippen molar-refractivity contribution in [3.8, 4) is 0 Å². The van der Waals surface area contributed by atoms with Crippen LogP contribution in [-0.4, -0.2) is 42.4 Å². The van der Waals surface area contributed by atoms with Crippen LogP contribution in [0.15, 0.2) is 138 Å². The molecule has 0 spiro atoms. The molecule has 7 rings (SSSR count). The minimum Gasteiger partial charge on any atom is -0.452 e. The van der Waals surface area contributed by atoms with Crippen molar-refractivity contribution in [2.75, 3.05) is 6.61 Å². The third-order valence-electron chi connectivity index (χ3n) is 7.89. The zero-order chi connectivity index (χ0) is 29.7. The number of thioether (sulfide) groups is 1. The van der Waals surface area contributed by atoms with Gasteiger partial charge in [0, 0.05) is 10.5 Å². The third kappa shape index (κ3) is 6.29. The standard InChI is InChI=1S/C37H32O6S/c38-35(27-16-6-2-7-17-27)42-34-33(39-23-25-13-4-1-5-14-25)32-31(41-37(34)44-28-19-8-3-9-20-28)24-40-36(43-32)30-22-12-18-26-15-10-11-21-29(26)30/h1-22,31-34,36-37H,23-24H2/t31-,32+,33-,34+,36?,37-/m0/s1. The van der Waals surface area contributed by atoms with Gasteiger partial charge in [0.15, 0.2) is 12.4 Å². The molecule has 2 aliphatic heterocycles. The normalized spacial score (nSPS) is 24.8. The van der Waals surface area contributed by atoms with Gasteiger partial charge in [-0.25, -0.2) is 4.79 Å². The molecule has 0 bridgehead atoms. The van der Waals surface area contributed by atoms with Gasteiger partial charge in [0.2, 0.25) is 0 Å². The predicted molar refractivity (Wildman–Crippen MR) is 169 cm³/mol. The highest BCUT2D eigenvalue weighted by Gasteiger charge is 2.53. The van der Waals surface area contributed by atoms with E-state index in [1.807, 2.05) is 103 Å². The van der Waals surface area contributed by atoms with Crippen LogP contribution in [0.5, 0.6) is 0 Å². The zero-order valence-electron chi connectivity index (χ0n) is 23.9. The van der Waals surface area contributed by atoms with Crippen molar-refractivity contribution in [1.82, 2.24) is 0 Å². The van der Waals surface area contributed by atoms with Crippen molar-refractivity contribution < 1.29 is 28.5 Å². The van der Waals surface area contributed by atoms with Gasteiger partial charge in [0.25, 0.3) is 0 Å². The van der Waals surface area contributed by atoms with Gasteiger partial charge in [-0.1, -0.05) is 121 Å². The van der Waals surface area contributed by atoms with Crippen LogP contribution in [0.2, 0.25) is 0 Å². The lowest BCUT2D eigenvalue weighted by Crippen LogP contribution is -2.62. The molecule has 2 heterocycles. The zero-order valence-corrected chi connectivity index (χ0v) is 24.8. The number of benzene rings is 5. The highest BCUT2D eigenvalue weighted by atomic mass is 32.2. The molecule has 7 heteroatoms. The number of carbonyl (C=O) groups excluding carboxylic acids is 1. The Bertz CT molecular complexity index is 1680. The number of carbonyl (C=O) groups is 1. The number of fused-ring (bicyclic) bond motifs is 2. The van der Waals surface area contributed by atoms with Gasteiger partial charge in [-0.3, -0.25) is 0 Å². The summed E-state index contributed by atoms with van der Waals surface area (Å²) in [6.07, 6.45) is -3.04. The van der Waals surface area contributed by atoms with Crippen LogP contribution >= 0.6 is 11.8 Å². The maximum Gasteiger partial charge on any atom is 0.338 e. The summed E-state index contributed by atoms with van der Waals surface area (Å²) in [4.78, 5) is 14.5. The Morgan fingerprint density at radius 1 is 0.727 bits per heavy atom. The van der Waals surface area contributed by atoms with Gasteiger partial charge < -0.3 is 23.7 Å². The Labute approximate surface area is 260 Å². The maximum atomic E-state index is 13.5. The molecule has 0 radical (unpaired) electrons. The van der Waals surface area contributed by atoms with E-state index >= 15 is 0 Å². The summed E-state index contributed by atoms with van der Waals surface area (Å²) in [6.45, 7) is 0.620. The van der Waals surface area contributed by atoms with Gasteiger partial charge in [-0.15, -0.1) is 0 Å². The van der Waals surface area contributed by atoms with Gasteiger partial charge in [-0.05, 0) is 40.6 Å². The highest BCUT2D eigenvalue weighted by Crippen LogP contribution is 2.42. The molecule has 0 N–H and O–H groups in total. The lowest BCUT2D eigenvalue weighted by Gasteiger charge is -2.48. The summed E-state index contributed by atoms with van der Waals surface area (Å²) in [6, 6.07) is 43.2. The molecule has 0 aliphatic carbocycles. The number of esters is 1. The van der Waals surface area contributed by atoms with E-state index in [4.69, 9.17) is 23.7 Å².